The van der Waals surface area contributed by atoms with Crippen LogP contribution in [0.5, 0.6) is 0 Å². The largest absolute Gasteiger partial charge is 0.351 e. The molecule has 0 spiro atoms. The zero-order valence-corrected chi connectivity index (χ0v) is 14.4. The van der Waals surface area contributed by atoms with Crippen molar-refractivity contribution in [1.82, 2.24) is 14.9 Å². The molecule has 3 aromatic rings. The Labute approximate surface area is 147 Å². The van der Waals surface area contributed by atoms with Crippen molar-refractivity contribution >= 4 is 11.7 Å². The van der Waals surface area contributed by atoms with Gasteiger partial charge in [-0.2, -0.15) is 0 Å². The van der Waals surface area contributed by atoms with Crippen LogP contribution in [0.25, 0.3) is 5.69 Å². The second-order valence-electron chi connectivity index (χ2n) is 6.43. The third kappa shape index (κ3) is 3.47. The summed E-state index contributed by atoms with van der Waals surface area (Å²) < 4.78 is 33.3. The number of hydrogen-bond donors (Lipinski definition) is 2. The monoisotopic (exact) mass is 361 g/mol. The van der Waals surface area contributed by atoms with E-state index in [2.05, 4.69) is 15.6 Å². The van der Waals surface area contributed by atoms with Gasteiger partial charge >= 0.3 is 0 Å². The average molecular weight is 361 g/mol. The maximum absolute atomic E-state index is 13.9. The van der Waals surface area contributed by atoms with Crippen molar-refractivity contribution in [3.05, 3.63) is 59.1 Å². The number of aryl methyl sites for hydroxylation is 1. The second kappa shape index (κ2) is 6.34. The zero-order valence-electron chi connectivity index (χ0n) is 14.4. The molecule has 0 fully saturated rings. The van der Waals surface area contributed by atoms with Crippen LogP contribution in [0.2, 0.25) is 0 Å². The third-order valence-corrected chi connectivity index (χ3v) is 3.66. The Morgan fingerprint density at radius 2 is 2.00 bits per heavy atom. The Balaban J connectivity index is 1.83. The molecule has 0 aliphatic rings. The molecule has 7 nitrogen and oxygen atoms in total. The van der Waals surface area contributed by atoms with Gasteiger partial charge in [-0.05, 0) is 32.9 Å². The summed E-state index contributed by atoms with van der Waals surface area (Å²) in [6, 6.07) is 6.15. The Morgan fingerprint density at radius 1 is 1.27 bits per heavy atom. The molecule has 0 aliphatic heterocycles. The van der Waals surface area contributed by atoms with Crippen molar-refractivity contribution in [2.75, 3.05) is 5.32 Å². The van der Waals surface area contributed by atoms with Crippen LogP contribution in [0, 0.1) is 18.6 Å². The number of nitrogens with two attached hydrogens (primary N) is 1. The summed E-state index contributed by atoms with van der Waals surface area (Å²) in [5, 5.41) is 10.4. The van der Waals surface area contributed by atoms with Crippen LogP contribution >= 0.6 is 0 Å². The van der Waals surface area contributed by atoms with Gasteiger partial charge in [-0.1, -0.05) is 5.16 Å². The lowest BCUT2D eigenvalue weighted by Crippen LogP contribution is -2.28. The van der Waals surface area contributed by atoms with Gasteiger partial charge in [0.15, 0.2) is 11.6 Å². The minimum Gasteiger partial charge on any atom is -0.351 e. The highest BCUT2D eigenvalue weighted by Crippen LogP contribution is 2.20. The normalized spacial score (nSPS) is 11.6. The van der Waals surface area contributed by atoms with E-state index >= 15 is 0 Å². The standard InChI is InChI=1S/C17H17F2N5O2/c1-9-6-15(22-24(9)12-5-4-10(18)7-11(12)19)21-16(25)13-8-14(23-26-13)17(2,3)20/h4-8H,20H2,1-3H3,(H,21,22,25). The summed E-state index contributed by atoms with van der Waals surface area (Å²) >= 11 is 0. The predicted octanol–water partition coefficient (Wildman–Crippen LogP) is 2.89. The molecule has 2 heterocycles. The first-order valence-electron chi connectivity index (χ1n) is 7.74. The van der Waals surface area contributed by atoms with E-state index < -0.39 is 23.1 Å². The molecule has 9 heteroatoms. The lowest BCUT2D eigenvalue weighted by atomic mass is 10.0. The quantitative estimate of drug-likeness (QED) is 0.744. The van der Waals surface area contributed by atoms with Gasteiger partial charge in [-0.25, -0.2) is 13.5 Å². The Morgan fingerprint density at radius 3 is 2.62 bits per heavy atom. The average Bonchev–Trinajstić information content (AvgIpc) is 3.14. The first-order chi connectivity index (χ1) is 12.1. The fourth-order valence-corrected chi connectivity index (χ4v) is 2.30. The molecule has 0 radical (unpaired) electrons. The van der Waals surface area contributed by atoms with Crippen LogP contribution in [0.3, 0.4) is 0 Å². The van der Waals surface area contributed by atoms with Gasteiger partial charge in [-0.15, -0.1) is 5.10 Å². The van der Waals surface area contributed by atoms with E-state index in [-0.39, 0.29) is 17.3 Å². The highest BCUT2D eigenvalue weighted by molar-refractivity contribution is 6.01. The van der Waals surface area contributed by atoms with Gasteiger partial charge in [0.05, 0.1) is 5.54 Å². The molecule has 3 rings (SSSR count). The Hall–Kier alpha value is -3.07. The van der Waals surface area contributed by atoms with E-state index in [0.717, 1.165) is 12.1 Å². The van der Waals surface area contributed by atoms with Gasteiger partial charge in [-0.3, -0.25) is 4.79 Å². The van der Waals surface area contributed by atoms with Crippen LogP contribution in [0.4, 0.5) is 14.6 Å². The SMILES string of the molecule is Cc1cc(NC(=O)c2cc(C(C)(C)N)no2)nn1-c1ccc(F)cc1F. The number of nitrogens with one attached hydrogen (secondary N) is 1. The Kier molecular flexibility index (Phi) is 4.33. The van der Waals surface area contributed by atoms with Crippen molar-refractivity contribution in [2.24, 2.45) is 5.73 Å². The van der Waals surface area contributed by atoms with Crippen LogP contribution < -0.4 is 11.1 Å². The highest BCUT2D eigenvalue weighted by atomic mass is 19.1. The molecule has 0 saturated carbocycles. The van der Waals surface area contributed by atoms with Crippen molar-refractivity contribution in [3.63, 3.8) is 0 Å². The molecule has 26 heavy (non-hydrogen) atoms. The summed E-state index contributed by atoms with van der Waals surface area (Å²) in [6.07, 6.45) is 0. The number of anilines is 1. The summed E-state index contributed by atoms with van der Waals surface area (Å²) in [6.45, 7) is 5.14. The molecule has 0 atom stereocenters. The number of aromatic nitrogens is 3. The summed E-state index contributed by atoms with van der Waals surface area (Å²) in [4.78, 5) is 12.3. The third-order valence-electron chi connectivity index (χ3n) is 3.66. The van der Waals surface area contributed by atoms with Gasteiger partial charge in [0.2, 0.25) is 5.76 Å². The van der Waals surface area contributed by atoms with Crippen LogP contribution in [-0.2, 0) is 5.54 Å². The van der Waals surface area contributed by atoms with Crippen LogP contribution in [-0.4, -0.2) is 20.8 Å². The van der Waals surface area contributed by atoms with Gasteiger partial charge < -0.3 is 15.6 Å². The van der Waals surface area contributed by atoms with E-state index in [4.69, 9.17) is 10.3 Å². The van der Waals surface area contributed by atoms with E-state index in [1.54, 1.807) is 26.8 Å². The first-order valence-corrected chi connectivity index (χ1v) is 7.74. The molecule has 136 valence electrons. The number of rotatable bonds is 4. The molecular weight excluding hydrogens is 344 g/mol. The van der Waals surface area contributed by atoms with Gasteiger partial charge in [0.1, 0.15) is 17.2 Å². The number of halogens is 2. The van der Waals surface area contributed by atoms with Crippen LogP contribution in [0.15, 0.2) is 34.9 Å². The molecule has 3 N–H and O–H groups in total. The highest BCUT2D eigenvalue weighted by Gasteiger charge is 2.23. The molecule has 2 aromatic heterocycles. The molecule has 0 unspecified atom stereocenters. The number of hydrogen-bond acceptors (Lipinski definition) is 5. The van der Waals surface area contributed by atoms with Gasteiger partial charge in [0.25, 0.3) is 5.91 Å². The number of benzene rings is 1. The van der Waals surface area contributed by atoms with E-state index in [9.17, 15) is 13.6 Å². The second-order valence-corrected chi connectivity index (χ2v) is 6.43. The lowest BCUT2D eigenvalue weighted by Gasteiger charge is -2.12. The van der Waals surface area contributed by atoms with Gasteiger partial charge in [0, 0.05) is 23.9 Å². The summed E-state index contributed by atoms with van der Waals surface area (Å²) in [5.74, 6) is -1.87. The van der Waals surface area contributed by atoms with E-state index in [0.29, 0.717) is 11.4 Å². The topological polar surface area (TPSA) is 99.0 Å². The van der Waals surface area contributed by atoms with Crippen molar-refractivity contribution in [2.45, 2.75) is 26.3 Å². The number of amides is 1. The van der Waals surface area contributed by atoms with Crippen LogP contribution in [0.1, 0.15) is 35.8 Å². The molecular formula is C17H17F2N5O2. The fraction of sp³-hybridized carbons (Fsp3) is 0.235. The minimum atomic E-state index is -0.765. The molecule has 0 saturated heterocycles. The molecule has 1 amide bonds. The molecule has 0 bridgehead atoms. The molecule has 0 aliphatic carbocycles. The van der Waals surface area contributed by atoms with Crippen molar-refractivity contribution in [1.29, 1.82) is 0 Å². The zero-order chi connectivity index (χ0) is 19.1. The van der Waals surface area contributed by atoms with Crippen molar-refractivity contribution < 1.29 is 18.1 Å². The maximum atomic E-state index is 13.9. The Bertz CT molecular complexity index is 972. The lowest BCUT2D eigenvalue weighted by molar-refractivity contribution is 0.0987. The molecule has 1 aromatic carbocycles. The number of carbonyl (C=O) groups excluding carboxylic acids is 1. The van der Waals surface area contributed by atoms with E-state index in [1.807, 2.05) is 0 Å². The number of carbonyl (C=O) groups is 1. The fourth-order valence-electron chi connectivity index (χ4n) is 2.30. The van der Waals surface area contributed by atoms with E-state index in [1.165, 1.54) is 16.8 Å². The summed E-state index contributed by atoms with van der Waals surface area (Å²) in [5.41, 5.74) is 6.20. The predicted molar refractivity (Wildman–Crippen MR) is 89.9 cm³/mol. The maximum Gasteiger partial charge on any atom is 0.295 e. The smallest absolute Gasteiger partial charge is 0.295 e. The minimum absolute atomic E-state index is 0.0290. The summed E-state index contributed by atoms with van der Waals surface area (Å²) in [7, 11) is 0. The number of nitrogens with zero attached hydrogens (tertiary/aromatic N) is 3. The van der Waals surface area contributed by atoms with Crippen molar-refractivity contribution in [3.8, 4) is 5.69 Å². The first kappa shape index (κ1) is 17.7.